The van der Waals surface area contributed by atoms with Crippen molar-refractivity contribution in [3.05, 3.63) is 52.7 Å². The van der Waals surface area contributed by atoms with E-state index in [1.165, 1.54) is 0 Å². The van der Waals surface area contributed by atoms with Crippen molar-refractivity contribution < 1.29 is 9.05 Å². The molecule has 0 aliphatic carbocycles. The van der Waals surface area contributed by atoms with Crippen LogP contribution in [0.1, 0.15) is 28.5 Å². The highest BCUT2D eigenvalue weighted by atomic mass is 35.5. The molecule has 2 heterocycles. The molecule has 0 radical (unpaired) electrons. The van der Waals surface area contributed by atoms with Crippen molar-refractivity contribution >= 4 is 24.2 Å². The van der Waals surface area contributed by atoms with E-state index in [-0.39, 0.29) is 12.4 Å². The summed E-state index contributed by atoms with van der Waals surface area (Å²) < 4.78 is 10.5. The highest BCUT2D eigenvalue weighted by molar-refractivity contribution is 7.97. The third-order valence-corrected chi connectivity index (χ3v) is 4.51. The van der Waals surface area contributed by atoms with Crippen LogP contribution >= 0.6 is 24.2 Å². The van der Waals surface area contributed by atoms with Crippen molar-refractivity contribution in [1.82, 2.24) is 15.3 Å². The van der Waals surface area contributed by atoms with Gasteiger partial charge in [0.15, 0.2) is 0 Å². The molecule has 0 saturated heterocycles. The minimum atomic E-state index is 0. The zero-order valence-electron chi connectivity index (χ0n) is 13.5. The summed E-state index contributed by atoms with van der Waals surface area (Å²) in [7, 11) is 0. The molecule has 0 aliphatic heterocycles. The third kappa shape index (κ3) is 4.17. The second kappa shape index (κ2) is 8.32. The van der Waals surface area contributed by atoms with Crippen LogP contribution in [0, 0.1) is 13.8 Å². The highest BCUT2D eigenvalue weighted by Crippen LogP contribution is 2.23. The topological polar surface area (TPSA) is 91.0 Å². The van der Waals surface area contributed by atoms with E-state index >= 15 is 0 Å². The first-order valence-electron chi connectivity index (χ1n) is 7.29. The minimum absolute atomic E-state index is 0. The Bertz CT molecular complexity index is 766. The first kappa shape index (κ1) is 18.5. The number of aryl methyl sites for hydroxylation is 2. The summed E-state index contributed by atoms with van der Waals surface area (Å²) in [6.45, 7) is 4.39. The Hall–Kier alpha value is -1.83. The van der Waals surface area contributed by atoms with Gasteiger partial charge in [-0.3, -0.25) is 0 Å². The van der Waals surface area contributed by atoms with Crippen LogP contribution in [0.25, 0.3) is 11.4 Å². The van der Waals surface area contributed by atoms with E-state index in [0.717, 1.165) is 33.9 Å². The fourth-order valence-electron chi connectivity index (χ4n) is 2.17. The Morgan fingerprint density at radius 2 is 1.79 bits per heavy atom. The number of aromatic nitrogens is 3. The molecule has 3 aromatic rings. The molecule has 0 spiro atoms. The maximum Gasteiger partial charge on any atom is 0.236 e. The normalized spacial score (nSPS) is 10.6. The SMILES string of the molecule is Cc1noc(C)c1CSCc1nc(-c2ccc(CN)cc2)no1.Cl. The van der Waals surface area contributed by atoms with Crippen LogP contribution in [0.2, 0.25) is 0 Å². The molecule has 0 fully saturated rings. The van der Waals surface area contributed by atoms with Crippen molar-refractivity contribution in [1.29, 1.82) is 0 Å². The standard InChI is InChI=1S/C16H18N4O2S.ClH/c1-10-14(11(2)21-19-10)8-23-9-15-18-16(20-22-15)13-5-3-12(7-17)4-6-13;/h3-6H,7-9,17H2,1-2H3;1H. The number of hydrogen-bond acceptors (Lipinski definition) is 7. The maximum atomic E-state index is 5.60. The van der Waals surface area contributed by atoms with Crippen molar-refractivity contribution in [3.8, 4) is 11.4 Å². The Morgan fingerprint density at radius 1 is 1.04 bits per heavy atom. The maximum absolute atomic E-state index is 5.60. The third-order valence-electron chi connectivity index (χ3n) is 3.57. The van der Waals surface area contributed by atoms with E-state index in [1.54, 1.807) is 11.8 Å². The number of thioether (sulfide) groups is 1. The largest absolute Gasteiger partial charge is 0.361 e. The van der Waals surface area contributed by atoms with E-state index in [1.807, 2.05) is 38.1 Å². The van der Waals surface area contributed by atoms with Gasteiger partial charge in [-0.15, -0.1) is 24.2 Å². The molecule has 128 valence electrons. The van der Waals surface area contributed by atoms with Crippen LogP contribution in [0.3, 0.4) is 0 Å². The van der Waals surface area contributed by atoms with Gasteiger partial charge >= 0.3 is 0 Å². The quantitative estimate of drug-likeness (QED) is 0.711. The number of rotatable bonds is 6. The number of halogens is 1. The van der Waals surface area contributed by atoms with Gasteiger partial charge in [-0.1, -0.05) is 34.6 Å². The summed E-state index contributed by atoms with van der Waals surface area (Å²) in [5, 5.41) is 7.98. The van der Waals surface area contributed by atoms with Gasteiger partial charge in [-0.05, 0) is 19.4 Å². The number of benzene rings is 1. The first-order chi connectivity index (χ1) is 11.2. The van der Waals surface area contributed by atoms with E-state index in [0.29, 0.717) is 24.0 Å². The minimum Gasteiger partial charge on any atom is -0.361 e. The van der Waals surface area contributed by atoms with Crippen molar-refractivity contribution in [2.24, 2.45) is 5.73 Å². The summed E-state index contributed by atoms with van der Waals surface area (Å²) >= 11 is 1.69. The van der Waals surface area contributed by atoms with Crippen molar-refractivity contribution in [2.45, 2.75) is 31.9 Å². The summed E-state index contributed by atoms with van der Waals surface area (Å²) in [6, 6.07) is 7.84. The molecule has 0 aliphatic rings. The van der Waals surface area contributed by atoms with E-state index in [9.17, 15) is 0 Å². The first-order valence-corrected chi connectivity index (χ1v) is 8.44. The molecule has 8 heteroatoms. The van der Waals surface area contributed by atoms with Gasteiger partial charge in [0.25, 0.3) is 0 Å². The van der Waals surface area contributed by atoms with Gasteiger partial charge in [-0.25, -0.2) is 0 Å². The summed E-state index contributed by atoms with van der Waals surface area (Å²) in [4.78, 5) is 4.43. The number of nitrogens with two attached hydrogens (primary N) is 1. The molecule has 2 N–H and O–H groups in total. The molecule has 0 atom stereocenters. The molecule has 0 amide bonds. The lowest BCUT2D eigenvalue weighted by molar-refractivity contribution is 0.391. The van der Waals surface area contributed by atoms with E-state index in [4.69, 9.17) is 14.8 Å². The Morgan fingerprint density at radius 3 is 2.42 bits per heavy atom. The van der Waals surface area contributed by atoms with Crippen LogP contribution < -0.4 is 5.73 Å². The fourth-order valence-corrected chi connectivity index (χ4v) is 3.18. The van der Waals surface area contributed by atoms with Gasteiger partial charge in [-0.2, -0.15) is 4.98 Å². The Labute approximate surface area is 150 Å². The molecule has 24 heavy (non-hydrogen) atoms. The molecule has 0 bridgehead atoms. The lowest BCUT2D eigenvalue weighted by Gasteiger charge is -1.98. The molecule has 0 unspecified atom stereocenters. The average Bonchev–Trinajstić information content (AvgIpc) is 3.16. The predicted molar refractivity (Wildman–Crippen MR) is 95.8 cm³/mol. The molecule has 6 nitrogen and oxygen atoms in total. The summed E-state index contributed by atoms with van der Waals surface area (Å²) in [5.74, 6) is 3.53. The van der Waals surface area contributed by atoms with Gasteiger partial charge < -0.3 is 14.8 Å². The smallest absolute Gasteiger partial charge is 0.236 e. The lowest BCUT2D eigenvalue weighted by atomic mass is 10.1. The molecular weight excluding hydrogens is 348 g/mol. The fraction of sp³-hybridized carbons (Fsp3) is 0.312. The van der Waals surface area contributed by atoms with E-state index < -0.39 is 0 Å². The van der Waals surface area contributed by atoms with Gasteiger partial charge in [0.1, 0.15) is 5.76 Å². The Kier molecular flexibility index (Phi) is 6.42. The summed E-state index contributed by atoms with van der Waals surface area (Å²) in [6.07, 6.45) is 0. The van der Waals surface area contributed by atoms with Crippen LogP contribution in [0.4, 0.5) is 0 Å². The second-order valence-electron chi connectivity index (χ2n) is 5.21. The van der Waals surface area contributed by atoms with Crippen LogP contribution in [-0.4, -0.2) is 15.3 Å². The van der Waals surface area contributed by atoms with Gasteiger partial charge in [0.05, 0.1) is 11.4 Å². The Balaban J connectivity index is 0.00000208. The number of hydrogen-bond donors (Lipinski definition) is 1. The summed E-state index contributed by atoms with van der Waals surface area (Å²) in [5.41, 5.74) is 9.66. The molecule has 3 rings (SSSR count). The van der Waals surface area contributed by atoms with Crippen LogP contribution in [0.15, 0.2) is 33.3 Å². The zero-order chi connectivity index (χ0) is 16.2. The second-order valence-corrected chi connectivity index (χ2v) is 6.19. The zero-order valence-corrected chi connectivity index (χ0v) is 15.1. The van der Waals surface area contributed by atoms with Crippen molar-refractivity contribution in [3.63, 3.8) is 0 Å². The molecule has 1 aromatic carbocycles. The predicted octanol–water partition coefficient (Wildman–Crippen LogP) is 3.66. The average molecular weight is 367 g/mol. The molecule has 0 saturated carbocycles. The van der Waals surface area contributed by atoms with Gasteiger partial charge in [0.2, 0.25) is 11.7 Å². The van der Waals surface area contributed by atoms with Crippen LogP contribution in [0.5, 0.6) is 0 Å². The van der Waals surface area contributed by atoms with E-state index in [2.05, 4.69) is 15.3 Å². The monoisotopic (exact) mass is 366 g/mol. The number of nitrogens with zero attached hydrogens (tertiary/aromatic N) is 3. The van der Waals surface area contributed by atoms with Gasteiger partial charge in [0, 0.05) is 23.4 Å². The highest BCUT2D eigenvalue weighted by Gasteiger charge is 2.12. The molecular formula is C16H19ClN4O2S. The lowest BCUT2D eigenvalue weighted by Crippen LogP contribution is -1.95. The van der Waals surface area contributed by atoms with Crippen molar-refractivity contribution in [2.75, 3.05) is 0 Å². The van der Waals surface area contributed by atoms with Crippen LogP contribution in [-0.2, 0) is 18.1 Å². The molecule has 2 aromatic heterocycles.